The van der Waals surface area contributed by atoms with Crippen LogP contribution in [-0.4, -0.2) is 17.1 Å². The smallest absolute Gasteiger partial charge is 0.216 e. The first kappa shape index (κ1) is 10.6. The Morgan fingerprint density at radius 1 is 1.50 bits per heavy atom. The monoisotopic (exact) mass is 219 g/mol. The number of nitrogens with zero attached hydrogens (tertiary/aromatic N) is 2. The van der Waals surface area contributed by atoms with Gasteiger partial charge in [-0.25, -0.2) is 9.97 Å². The minimum absolute atomic E-state index is 0.127. The van der Waals surface area contributed by atoms with Crippen molar-refractivity contribution in [1.82, 2.24) is 9.97 Å². The van der Waals surface area contributed by atoms with Crippen LogP contribution < -0.4 is 10.5 Å². The van der Waals surface area contributed by atoms with Crippen molar-refractivity contribution in [1.29, 1.82) is 0 Å². The van der Waals surface area contributed by atoms with Crippen LogP contribution in [0.15, 0.2) is 35.4 Å². The maximum atomic E-state index is 6.00. The number of rotatable bonds is 4. The molecule has 2 rings (SSSR count). The summed E-state index contributed by atoms with van der Waals surface area (Å²) in [4.78, 5) is 8.07. The fraction of sp³-hybridized carbons (Fsp3) is 0.273. The summed E-state index contributed by atoms with van der Waals surface area (Å²) in [5.74, 6) is 0.546. The van der Waals surface area contributed by atoms with Gasteiger partial charge in [0.25, 0.3) is 0 Å². The number of hydrogen-bond acceptors (Lipinski definition) is 5. The van der Waals surface area contributed by atoms with Crippen molar-refractivity contribution in [2.45, 2.75) is 12.5 Å². The molecule has 0 aliphatic carbocycles. The lowest BCUT2D eigenvalue weighted by molar-refractivity contribution is 0.395. The highest BCUT2D eigenvalue weighted by Gasteiger charge is 2.09. The molecule has 0 spiro atoms. The molecule has 5 heteroatoms. The molecular formula is C11H13N3O2. The van der Waals surface area contributed by atoms with E-state index in [0.717, 1.165) is 11.3 Å². The predicted molar refractivity (Wildman–Crippen MR) is 57.9 cm³/mol. The summed E-state index contributed by atoms with van der Waals surface area (Å²) in [6.45, 7) is 0. The average molecular weight is 219 g/mol. The van der Waals surface area contributed by atoms with Gasteiger partial charge >= 0.3 is 0 Å². The van der Waals surface area contributed by atoms with E-state index in [1.807, 2.05) is 6.07 Å². The summed E-state index contributed by atoms with van der Waals surface area (Å²) >= 11 is 0. The molecule has 0 bridgehead atoms. The van der Waals surface area contributed by atoms with Crippen LogP contribution in [0.5, 0.6) is 5.88 Å². The average Bonchev–Trinajstić information content (AvgIpc) is 2.83. The van der Waals surface area contributed by atoms with Crippen LogP contribution in [0.4, 0.5) is 0 Å². The molecule has 0 aliphatic rings. The number of ether oxygens (including phenoxy) is 1. The Balaban J connectivity index is 2.08. The summed E-state index contributed by atoms with van der Waals surface area (Å²) in [6, 6.07) is 3.50. The molecule has 2 N–H and O–H groups in total. The third-order valence-corrected chi connectivity index (χ3v) is 2.31. The zero-order chi connectivity index (χ0) is 11.4. The minimum Gasteiger partial charge on any atom is -0.481 e. The second kappa shape index (κ2) is 4.76. The van der Waals surface area contributed by atoms with Crippen LogP contribution in [0.1, 0.15) is 17.3 Å². The minimum atomic E-state index is -0.127. The van der Waals surface area contributed by atoms with Crippen LogP contribution in [0.3, 0.4) is 0 Å². The van der Waals surface area contributed by atoms with E-state index >= 15 is 0 Å². The van der Waals surface area contributed by atoms with E-state index in [0.29, 0.717) is 12.3 Å². The standard InChI is InChI=1S/C11H13N3O2/c1-15-11-5-9(13-7-14-11)4-10(12)8-2-3-16-6-8/h2-3,5-7,10H,4,12H2,1H3. The highest BCUT2D eigenvalue weighted by Crippen LogP contribution is 2.16. The Labute approximate surface area is 93.3 Å². The van der Waals surface area contributed by atoms with Crippen molar-refractivity contribution in [3.05, 3.63) is 42.2 Å². The molecule has 1 atom stereocenters. The molecule has 2 heterocycles. The highest BCUT2D eigenvalue weighted by molar-refractivity contribution is 5.18. The highest BCUT2D eigenvalue weighted by atomic mass is 16.5. The maximum absolute atomic E-state index is 6.00. The summed E-state index contributed by atoms with van der Waals surface area (Å²) in [7, 11) is 1.57. The summed E-state index contributed by atoms with van der Waals surface area (Å²) in [5, 5.41) is 0. The molecule has 5 nitrogen and oxygen atoms in total. The second-order valence-corrected chi connectivity index (χ2v) is 3.42. The van der Waals surface area contributed by atoms with E-state index in [9.17, 15) is 0 Å². The van der Waals surface area contributed by atoms with Gasteiger partial charge in [-0.2, -0.15) is 0 Å². The van der Waals surface area contributed by atoms with Crippen molar-refractivity contribution in [2.75, 3.05) is 7.11 Å². The number of hydrogen-bond donors (Lipinski definition) is 1. The van der Waals surface area contributed by atoms with Gasteiger partial charge in [-0.15, -0.1) is 0 Å². The van der Waals surface area contributed by atoms with Gasteiger partial charge < -0.3 is 14.9 Å². The molecule has 0 amide bonds. The molecule has 0 saturated heterocycles. The lowest BCUT2D eigenvalue weighted by Gasteiger charge is -2.08. The first-order valence-electron chi connectivity index (χ1n) is 4.92. The molecule has 0 aromatic carbocycles. The van der Waals surface area contributed by atoms with Crippen LogP contribution >= 0.6 is 0 Å². The molecule has 0 fully saturated rings. The van der Waals surface area contributed by atoms with Crippen molar-refractivity contribution < 1.29 is 9.15 Å². The Hall–Kier alpha value is -1.88. The van der Waals surface area contributed by atoms with E-state index in [1.54, 1.807) is 25.7 Å². The van der Waals surface area contributed by atoms with Gasteiger partial charge in [0, 0.05) is 29.8 Å². The van der Waals surface area contributed by atoms with Gasteiger partial charge in [-0.3, -0.25) is 0 Å². The van der Waals surface area contributed by atoms with Crippen molar-refractivity contribution in [3.8, 4) is 5.88 Å². The quantitative estimate of drug-likeness (QED) is 0.839. The summed E-state index contributed by atoms with van der Waals surface area (Å²) < 4.78 is 10.00. The molecule has 16 heavy (non-hydrogen) atoms. The van der Waals surface area contributed by atoms with Crippen molar-refractivity contribution >= 4 is 0 Å². The normalized spacial score (nSPS) is 12.4. The predicted octanol–water partition coefficient (Wildman–Crippen LogP) is 1.32. The number of furan rings is 1. The summed E-state index contributed by atoms with van der Waals surface area (Å²) in [5.41, 5.74) is 7.81. The first-order valence-corrected chi connectivity index (χ1v) is 4.92. The van der Waals surface area contributed by atoms with Crippen molar-refractivity contribution in [3.63, 3.8) is 0 Å². The zero-order valence-corrected chi connectivity index (χ0v) is 8.96. The Bertz CT molecular complexity index is 442. The zero-order valence-electron chi connectivity index (χ0n) is 8.96. The summed E-state index contributed by atoms with van der Waals surface area (Å²) in [6.07, 6.45) is 5.34. The topological polar surface area (TPSA) is 74.2 Å². The van der Waals surface area contributed by atoms with E-state index in [2.05, 4.69) is 9.97 Å². The molecule has 0 saturated carbocycles. The molecule has 2 aromatic rings. The third-order valence-electron chi connectivity index (χ3n) is 2.31. The SMILES string of the molecule is COc1cc(CC(N)c2ccoc2)ncn1. The largest absolute Gasteiger partial charge is 0.481 e. The van der Waals surface area contributed by atoms with Gasteiger partial charge in [0.1, 0.15) is 6.33 Å². The Kier molecular flexibility index (Phi) is 3.16. The number of nitrogens with two attached hydrogens (primary N) is 1. The Morgan fingerprint density at radius 3 is 3.06 bits per heavy atom. The van der Waals surface area contributed by atoms with Gasteiger partial charge in [0.05, 0.1) is 19.6 Å². The number of methoxy groups -OCH3 is 1. The van der Waals surface area contributed by atoms with Crippen molar-refractivity contribution in [2.24, 2.45) is 5.73 Å². The third kappa shape index (κ3) is 2.38. The molecule has 2 aromatic heterocycles. The second-order valence-electron chi connectivity index (χ2n) is 3.42. The molecule has 0 radical (unpaired) electrons. The fourth-order valence-corrected chi connectivity index (χ4v) is 1.43. The van der Waals surface area contributed by atoms with Gasteiger partial charge in [0.15, 0.2) is 0 Å². The lowest BCUT2D eigenvalue weighted by atomic mass is 10.1. The van der Waals surface area contributed by atoms with Crippen LogP contribution in [0, 0.1) is 0 Å². The lowest BCUT2D eigenvalue weighted by Crippen LogP contribution is -2.13. The van der Waals surface area contributed by atoms with Gasteiger partial charge in [-0.1, -0.05) is 0 Å². The molecule has 0 aliphatic heterocycles. The van der Waals surface area contributed by atoms with E-state index in [4.69, 9.17) is 14.9 Å². The van der Waals surface area contributed by atoms with E-state index < -0.39 is 0 Å². The van der Waals surface area contributed by atoms with Gasteiger partial charge in [0.2, 0.25) is 5.88 Å². The first-order chi connectivity index (χ1) is 7.79. The fourth-order valence-electron chi connectivity index (χ4n) is 1.43. The van der Waals surface area contributed by atoms with Crippen LogP contribution in [0.25, 0.3) is 0 Å². The van der Waals surface area contributed by atoms with E-state index in [-0.39, 0.29) is 6.04 Å². The van der Waals surface area contributed by atoms with Crippen LogP contribution in [-0.2, 0) is 6.42 Å². The Morgan fingerprint density at radius 2 is 2.38 bits per heavy atom. The van der Waals surface area contributed by atoms with E-state index in [1.165, 1.54) is 6.33 Å². The molecule has 84 valence electrons. The molecule has 1 unspecified atom stereocenters. The van der Waals surface area contributed by atoms with Gasteiger partial charge in [-0.05, 0) is 6.07 Å². The molecular weight excluding hydrogens is 206 g/mol. The maximum Gasteiger partial charge on any atom is 0.216 e. The number of aromatic nitrogens is 2. The van der Waals surface area contributed by atoms with Crippen LogP contribution in [0.2, 0.25) is 0 Å².